The monoisotopic (exact) mass is 634 g/mol. The third-order valence-electron chi connectivity index (χ3n) is 6.32. The lowest BCUT2D eigenvalue weighted by atomic mass is 10.0. The van der Waals surface area contributed by atoms with Gasteiger partial charge in [0.05, 0.1) is 11.7 Å². The fourth-order valence-corrected chi connectivity index (χ4v) is 7.05. The Morgan fingerprint density at radius 3 is 2.74 bits per heavy atom. The number of thioether (sulfide) groups is 1. The van der Waals surface area contributed by atoms with E-state index in [2.05, 4.69) is 20.8 Å². The summed E-state index contributed by atoms with van der Waals surface area (Å²) < 4.78 is 3.39. The van der Waals surface area contributed by atoms with Crippen molar-refractivity contribution in [3.63, 3.8) is 0 Å². The van der Waals surface area contributed by atoms with E-state index >= 15 is 0 Å². The van der Waals surface area contributed by atoms with E-state index in [1.807, 2.05) is 0 Å². The van der Waals surface area contributed by atoms with Gasteiger partial charge in [0.25, 0.3) is 24.0 Å². The molecule has 0 aliphatic carbocycles. The van der Waals surface area contributed by atoms with E-state index < -0.39 is 47.0 Å². The van der Waals surface area contributed by atoms with Crippen LogP contribution in [0.5, 0.6) is 0 Å². The van der Waals surface area contributed by atoms with E-state index in [4.69, 9.17) is 15.7 Å². The van der Waals surface area contributed by atoms with E-state index in [0.717, 1.165) is 21.1 Å². The normalized spacial score (nSPS) is 19.2. The minimum absolute atomic E-state index is 0.00851. The van der Waals surface area contributed by atoms with Crippen LogP contribution in [0.2, 0.25) is 0 Å². The number of oxime groups is 1. The second kappa shape index (κ2) is 11.4. The molecule has 5 rings (SSSR count). The number of nitrogens with zero attached hydrogens (tertiary/aromatic N) is 5. The molecule has 3 aromatic rings. The number of thiazole rings is 2. The zero-order chi connectivity index (χ0) is 30.3. The molecule has 3 atom stereocenters. The van der Waals surface area contributed by atoms with Gasteiger partial charge in [0.1, 0.15) is 29.9 Å². The van der Waals surface area contributed by atoms with Crippen molar-refractivity contribution in [3.8, 4) is 0 Å². The Morgan fingerprint density at radius 2 is 2.10 bits per heavy atom. The third-order valence-corrected chi connectivity index (χ3v) is 9.22. The molecule has 0 spiro atoms. The Bertz CT molecular complexity index is 1690. The van der Waals surface area contributed by atoms with E-state index in [0.29, 0.717) is 11.3 Å². The fourth-order valence-electron chi connectivity index (χ4n) is 4.26. The molecule has 2 aliphatic rings. The van der Waals surface area contributed by atoms with Crippen molar-refractivity contribution in [2.45, 2.75) is 31.0 Å². The molecule has 42 heavy (non-hydrogen) atoms. The molecule has 1 fully saturated rings. The summed E-state index contributed by atoms with van der Waals surface area (Å²) in [5.74, 6) is -4.49. The number of nitrogens with one attached hydrogen (secondary N) is 2. The van der Waals surface area contributed by atoms with Gasteiger partial charge in [-0.25, -0.2) is 14.3 Å². The van der Waals surface area contributed by atoms with Crippen molar-refractivity contribution in [2.24, 2.45) is 5.16 Å². The predicted molar refractivity (Wildman–Crippen MR) is 147 cm³/mol. The second-order valence-corrected chi connectivity index (χ2v) is 11.9. The van der Waals surface area contributed by atoms with Gasteiger partial charge in [-0.15, -0.1) is 23.1 Å². The SMILES string of the molecule is CNC(=O)c1csc2c[n+](CC3=C(C(=O)[O-])N4C(=O)[C@@H](NC(=O)/C(=N\O[C@@H](C)C(=O)O)c5csc(N)n5)[C@H]4SC3)cn12. The lowest BCUT2D eigenvalue weighted by Gasteiger charge is -2.50. The molecule has 0 bridgehead atoms. The molecule has 220 valence electrons. The first kappa shape index (κ1) is 29.0. The van der Waals surface area contributed by atoms with Crippen LogP contribution in [0.3, 0.4) is 0 Å². The topological polar surface area (TPSA) is 225 Å². The van der Waals surface area contributed by atoms with Crippen molar-refractivity contribution in [3.05, 3.63) is 45.9 Å². The van der Waals surface area contributed by atoms with E-state index in [9.17, 15) is 29.1 Å². The highest BCUT2D eigenvalue weighted by Gasteiger charge is 2.53. The largest absolute Gasteiger partial charge is 0.543 e. The molecular weight excluding hydrogens is 613 g/mol. The first-order valence-electron chi connectivity index (χ1n) is 12.1. The van der Waals surface area contributed by atoms with Crippen molar-refractivity contribution >= 4 is 79.8 Å². The summed E-state index contributed by atoms with van der Waals surface area (Å²) >= 11 is 3.60. The van der Waals surface area contributed by atoms with Crippen LogP contribution in [0.25, 0.3) is 4.83 Å². The van der Waals surface area contributed by atoms with Gasteiger partial charge in [0.2, 0.25) is 16.6 Å². The number of carboxylic acid groups (broad SMARTS) is 2. The number of anilines is 1. The molecule has 3 aromatic heterocycles. The highest BCUT2D eigenvalue weighted by atomic mass is 32.2. The lowest BCUT2D eigenvalue weighted by molar-refractivity contribution is -0.687. The number of carboxylic acids is 2. The van der Waals surface area contributed by atoms with Gasteiger partial charge in [-0.2, -0.15) is 4.40 Å². The Kier molecular flexibility index (Phi) is 7.89. The summed E-state index contributed by atoms with van der Waals surface area (Å²) in [5, 5.41) is 32.5. The van der Waals surface area contributed by atoms with Gasteiger partial charge < -0.3 is 36.2 Å². The molecule has 19 heteroatoms. The number of hydrogen-bond acceptors (Lipinski definition) is 13. The van der Waals surface area contributed by atoms with Gasteiger partial charge in [-0.3, -0.25) is 19.3 Å². The number of aliphatic carboxylic acids is 2. The maximum absolute atomic E-state index is 13.2. The average Bonchev–Trinajstić information content (AvgIpc) is 3.66. The Morgan fingerprint density at radius 1 is 1.33 bits per heavy atom. The highest BCUT2D eigenvalue weighted by Crippen LogP contribution is 2.40. The Labute approximate surface area is 248 Å². The molecule has 0 unspecified atom stereocenters. The van der Waals surface area contributed by atoms with Crippen molar-refractivity contribution < 1.29 is 43.6 Å². The zero-order valence-corrected chi connectivity index (χ0v) is 24.2. The van der Waals surface area contributed by atoms with Gasteiger partial charge in [0.15, 0.2) is 10.8 Å². The molecule has 3 amide bonds. The van der Waals surface area contributed by atoms with Gasteiger partial charge >= 0.3 is 5.97 Å². The molecule has 0 aromatic carbocycles. The molecule has 2 aliphatic heterocycles. The minimum atomic E-state index is -1.54. The Balaban J connectivity index is 1.35. The number of rotatable bonds is 10. The number of nitrogens with two attached hydrogens (primary N) is 1. The molecule has 1 saturated heterocycles. The summed E-state index contributed by atoms with van der Waals surface area (Å²) in [4.78, 5) is 72.4. The summed E-state index contributed by atoms with van der Waals surface area (Å²) in [6, 6.07) is -1.11. The summed E-state index contributed by atoms with van der Waals surface area (Å²) in [6.45, 7) is 1.33. The van der Waals surface area contributed by atoms with Crippen molar-refractivity contribution in [1.82, 2.24) is 24.9 Å². The first-order valence-corrected chi connectivity index (χ1v) is 14.9. The summed E-state index contributed by atoms with van der Waals surface area (Å²) in [7, 11) is 1.52. The molecule has 0 radical (unpaired) electrons. The quantitative estimate of drug-likeness (QED) is 0.0824. The number of carbonyl (C=O) groups excluding carboxylic acids is 4. The van der Waals surface area contributed by atoms with Crippen LogP contribution in [-0.4, -0.2) is 85.1 Å². The number of hydrogen-bond donors (Lipinski definition) is 4. The fraction of sp³-hybridized carbons (Fsp3) is 0.304. The van der Waals surface area contributed by atoms with Gasteiger partial charge in [-0.1, -0.05) is 16.5 Å². The van der Waals surface area contributed by atoms with Crippen LogP contribution >= 0.6 is 34.4 Å². The third kappa shape index (κ3) is 5.28. The molecule has 16 nitrogen and oxygen atoms in total. The van der Waals surface area contributed by atoms with Crippen LogP contribution in [-0.2, 0) is 30.6 Å². The maximum atomic E-state index is 13.2. The van der Waals surface area contributed by atoms with Crippen molar-refractivity contribution in [2.75, 3.05) is 18.5 Å². The summed E-state index contributed by atoms with van der Waals surface area (Å²) in [5.41, 5.74) is 5.81. The Hall–Kier alpha value is -4.49. The predicted octanol–water partition coefficient (Wildman–Crippen LogP) is -2.02. The van der Waals surface area contributed by atoms with Gasteiger partial charge in [0, 0.05) is 29.1 Å². The number of β-lactam (4-membered cyclic amide) rings is 1. The minimum Gasteiger partial charge on any atom is -0.543 e. The molecule has 5 N–H and O–H groups in total. The number of carbonyl (C=O) groups is 5. The molecule has 5 heterocycles. The van der Waals surface area contributed by atoms with Crippen LogP contribution in [0.4, 0.5) is 5.13 Å². The van der Waals surface area contributed by atoms with E-state index in [1.54, 1.807) is 26.9 Å². The van der Waals surface area contributed by atoms with Crippen molar-refractivity contribution in [1.29, 1.82) is 0 Å². The van der Waals surface area contributed by atoms with Crippen LogP contribution < -0.4 is 26.0 Å². The standard InChI is InChI=1S/C23H22N8O8S3/c1-9(21(35)36)39-28-14(11-6-42-23(24)26-11)18(33)27-15-19(34)31-16(22(37)38)10(5-41-20(15)31)3-29-4-13-30(8-29)12(7-40-13)17(32)25-2/h4,6-9,15,20H,3,5H2,1-2H3,(H5-,24,25,26,27,32,33,35,36,37,38)/b28-14-/t9-,15+,20+/m0/s1. The van der Waals surface area contributed by atoms with Crippen LogP contribution in [0, 0.1) is 0 Å². The number of fused-ring (bicyclic) bond motifs is 2. The second-order valence-electron chi connectivity index (χ2n) is 9.02. The number of aromatic nitrogens is 3. The smallest absolute Gasteiger partial charge is 0.347 e. The number of nitrogen functional groups attached to an aromatic ring is 1. The van der Waals surface area contributed by atoms with Crippen LogP contribution in [0.1, 0.15) is 23.1 Å². The average molecular weight is 635 g/mol. The van der Waals surface area contributed by atoms with Gasteiger partial charge in [-0.05, 0) is 6.92 Å². The molecular formula is C23H22N8O8S3. The maximum Gasteiger partial charge on any atom is 0.347 e. The van der Waals surface area contributed by atoms with Crippen LogP contribution in [0.15, 0.2) is 39.7 Å². The zero-order valence-electron chi connectivity index (χ0n) is 21.8. The highest BCUT2D eigenvalue weighted by molar-refractivity contribution is 8.00. The first-order chi connectivity index (χ1) is 20.0. The summed E-state index contributed by atoms with van der Waals surface area (Å²) in [6.07, 6.45) is 2.04. The molecule has 0 saturated carbocycles. The van der Waals surface area contributed by atoms with E-state index in [1.165, 1.54) is 42.5 Å². The lowest BCUT2D eigenvalue weighted by Crippen LogP contribution is -2.71. The number of imidazole rings is 1. The van der Waals surface area contributed by atoms with E-state index in [-0.39, 0.29) is 34.7 Å². The number of amides is 3.